The minimum atomic E-state index is 0. The van der Waals surface area contributed by atoms with Crippen molar-refractivity contribution in [2.24, 2.45) is 4.99 Å². The van der Waals surface area contributed by atoms with Gasteiger partial charge in [-0.2, -0.15) is 0 Å². The predicted octanol–water partition coefficient (Wildman–Crippen LogP) is 3.54. The van der Waals surface area contributed by atoms with Crippen LogP contribution in [0, 0.1) is 0 Å². The van der Waals surface area contributed by atoms with Gasteiger partial charge in [-0.15, -0.1) is 24.0 Å². The molecule has 7 heteroatoms. The number of nitrogens with zero attached hydrogens (tertiary/aromatic N) is 3. The van der Waals surface area contributed by atoms with E-state index in [1.165, 1.54) is 5.56 Å². The SMILES string of the molecule is CCNC(=NCCCOC(C)c1ccccc1)N(C)CC(=O)N(CC)CC.I. The molecule has 1 unspecified atom stereocenters. The molecule has 160 valence electrons. The quantitative estimate of drug-likeness (QED) is 0.217. The van der Waals surface area contributed by atoms with E-state index in [4.69, 9.17) is 4.74 Å². The summed E-state index contributed by atoms with van der Waals surface area (Å²) in [5.74, 6) is 0.877. The summed E-state index contributed by atoms with van der Waals surface area (Å²) in [6, 6.07) is 10.2. The van der Waals surface area contributed by atoms with Crippen molar-refractivity contribution in [3.8, 4) is 0 Å². The standard InChI is InChI=1S/C21H36N4O2.HI/c1-6-22-21(24(5)17-20(26)25(7-2)8-3)23-15-12-16-27-18(4)19-13-10-9-11-14-19;/h9-11,13-14,18H,6-8,12,15-17H2,1-5H3,(H,22,23);1H. The Morgan fingerprint density at radius 2 is 1.82 bits per heavy atom. The van der Waals surface area contributed by atoms with E-state index >= 15 is 0 Å². The van der Waals surface area contributed by atoms with Gasteiger partial charge in [-0.25, -0.2) is 0 Å². The van der Waals surface area contributed by atoms with Gasteiger partial charge in [-0.05, 0) is 39.7 Å². The van der Waals surface area contributed by atoms with Crippen LogP contribution in [0.1, 0.15) is 45.8 Å². The van der Waals surface area contributed by atoms with Crippen molar-refractivity contribution in [2.45, 2.75) is 40.2 Å². The predicted molar refractivity (Wildman–Crippen MR) is 127 cm³/mol. The van der Waals surface area contributed by atoms with Crippen LogP contribution in [0.25, 0.3) is 0 Å². The molecule has 0 aromatic heterocycles. The van der Waals surface area contributed by atoms with Gasteiger partial charge in [-0.3, -0.25) is 9.79 Å². The third-order valence-corrected chi connectivity index (χ3v) is 4.39. The number of likely N-dealkylation sites (N-methyl/N-ethyl adjacent to an activating group) is 2. The van der Waals surface area contributed by atoms with Crippen molar-refractivity contribution in [1.29, 1.82) is 0 Å². The fourth-order valence-electron chi connectivity index (χ4n) is 2.75. The van der Waals surface area contributed by atoms with Gasteiger partial charge in [0.15, 0.2) is 5.96 Å². The van der Waals surface area contributed by atoms with Crippen LogP contribution in [-0.2, 0) is 9.53 Å². The number of amides is 1. The van der Waals surface area contributed by atoms with E-state index < -0.39 is 0 Å². The van der Waals surface area contributed by atoms with Gasteiger partial charge >= 0.3 is 0 Å². The highest BCUT2D eigenvalue weighted by Crippen LogP contribution is 2.15. The third kappa shape index (κ3) is 9.73. The van der Waals surface area contributed by atoms with Crippen molar-refractivity contribution in [3.63, 3.8) is 0 Å². The Labute approximate surface area is 187 Å². The maximum atomic E-state index is 12.3. The van der Waals surface area contributed by atoms with Crippen molar-refractivity contribution in [2.75, 3.05) is 46.4 Å². The number of nitrogens with one attached hydrogen (secondary N) is 1. The average Bonchev–Trinajstić information content (AvgIpc) is 2.68. The summed E-state index contributed by atoms with van der Waals surface area (Å²) < 4.78 is 5.89. The van der Waals surface area contributed by atoms with Crippen LogP contribution < -0.4 is 5.32 Å². The van der Waals surface area contributed by atoms with Crippen LogP contribution >= 0.6 is 24.0 Å². The number of halogens is 1. The molecule has 0 saturated carbocycles. The molecular weight excluding hydrogens is 467 g/mol. The molecule has 28 heavy (non-hydrogen) atoms. The zero-order valence-corrected chi connectivity index (χ0v) is 20.3. The molecule has 6 nitrogen and oxygen atoms in total. The average molecular weight is 504 g/mol. The van der Waals surface area contributed by atoms with Gasteiger partial charge in [0.2, 0.25) is 5.91 Å². The fraction of sp³-hybridized carbons (Fsp3) is 0.619. The van der Waals surface area contributed by atoms with E-state index in [0.717, 1.165) is 32.0 Å². The third-order valence-electron chi connectivity index (χ3n) is 4.39. The second kappa shape index (κ2) is 15.6. The van der Waals surface area contributed by atoms with E-state index in [-0.39, 0.29) is 36.0 Å². The van der Waals surface area contributed by atoms with Crippen LogP contribution in [0.15, 0.2) is 35.3 Å². The molecular formula is C21H37IN4O2. The summed E-state index contributed by atoms with van der Waals surface area (Å²) in [6.07, 6.45) is 0.918. The zero-order chi connectivity index (χ0) is 20.1. The lowest BCUT2D eigenvalue weighted by atomic mass is 10.1. The summed E-state index contributed by atoms with van der Waals surface area (Å²) >= 11 is 0. The molecule has 0 aliphatic carbocycles. The van der Waals surface area contributed by atoms with Gasteiger partial charge in [0, 0.05) is 39.8 Å². The summed E-state index contributed by atoms with van der Waals surface area (Å²) in [5, 5.41) is 3.25. The molecule has 0 aliphatic rings. The Balaban J connectivity index is 0.00000729. The summed E-state index contributed by atoms with van der Waals surface area (Å²) in [6.45, 7) is 12.0. The molecule has 1 rings (SSSR count). The number of benzene rings is 1. The van der Waals surface area contributed by atoms with Crippen molar-refractivity contribution >= 4 is 35.8 Å². The zero-order valence-electron chi connectivity index (χ0n) is 18.0. The van der Waals surface area contributed by atoms with E-state index in [2.05, 4.69) is 29.4 Å². The van der Waals surface area contributed by atoms with E-state index in [9.17, 15) is 4.79 Å². The number of rotatable bonds is 11. The highest BCUT2D eigenvalue weighted by atomic mass is 127. The number of ether oxygens (including phenoxy) is 1. The molecule has 0 radical (unpaired) electrons. The maximum absolute atomic E-state index is 12.3. The van der Waals surface area contributed by atoms with Crippen molar-refractivity contribution in [1.82, 2.24) is 15.1 Å². The monoisotopic (exact) mass is 504 g/mol. The first-order valence-corrected chi connectivity index (χ1v) is 9.97. The van der Waals surface area contributed by atoms with Gasteiger partial charge in [0.1, 0.15) is 0 Å². The first-order valence-electron chi connectivity index (χ1n) is 9.97. The summed E-state index contributed by atoms with van der Waals surface area (Å²) in [5.41, 5.74) is 1.18. The normalized spacial score (nSPS) is 12.1. The topological polar surface area (TPSA) is 57.2 Å². The molecule has 0 aliphatic heterocycles. The second-order valence-corrected chi connectivity index (χ2v) is 6.44. The van der Waals surface area contributed by atoms with Gasteiger partial charge in [-0.1, -0.05) is 30.3 Å². The van der Waals surface area contributed by atoms with E-state index in [0.29, 0.717) is 19.7 Å². The number of hydrogen-bond donors (Lipinski definition) is 1. The smallest absolute Gasteiger partial charge is 0.242 e. The van der Waals surface area contributed by atoms with E-state index in [1.807, 2.05) is 55.8 Å². The van der Waals surface area contributed by atoms with Crippen LogP contribution in [0.2, 0.25) is 0 Å². The molecule has 0 saturated heterocycles. The summed E-state index contributed by atoms with van der Waals surface area (Å²) in [4.78, 5) is 20.6. The Morgan fingerprint density at radius 1 is 1.18 bits per heavy atom. The molecule has 1 amide bonds. The molecule has 0 bridgehead atoms. The van der Waals surface area contributed by atoms with E-state index in [1.54, 1.807) is 0 Å². The summed E-state index contributed by atoms with van der Waals surface area (Å²) in [7, 11) is 1.90. The number of guanidine groups is 1. The second-order valence-electron chi connectivity index (χ2n) is 6.44. The van der Waals surface area contributed by atoms with Gasteiger partial charge < -0.3 is 19.9 Å². The van der Waals surface area contributed by atoms with Crippen LogP contribution in [0.5, 0.6) is 0 Å². The number of aliphatic imine (C=N–C) groups is 1. The Bertz CT molecular complexity index is 565. The first kappa shape index (κ1) is 26.6. The van der Waals surface area contributed by atoms with Gasteiger partial charge in [0.25, 0.3) is 0 Å². The lowest BCUT2D eigenvalue weighted by Gasteiger charge is -2.25. The Kier molecular flexibility index (Phi) is 14.8. The Morgan fingerprint density at radius 3 is 2.39 bits per heavy atom. The largest absolute Gasteiger partial charge is 0.374 e. The highest BCUT2D eigenvalue weighted by Gasteiger charge is 2.14. The molecule has 1 aromatic rings. The van der Waals surface area contributed by atoms with Crippen LogP contribution in [-0.4, -0.2) is 68.0 Å². The molecule has 1 aromatic carbocycles. The van der Waals surface area contributed by atoms with Crippen molar-refractivity contribution in [3.05, 3.63) is 35.9 Å². The maximum Gasteiger partial charge on any atom is 0.242 e. The lowest BCUT2D eigenvalue weighted by molar-refractivity contribution is -0.131. The minimum Gasteiger partial charge on any atom is -0.374 e. The molecule has 1 N–H and O–H groups in total. The molecule has 0 spiro atoms. The first-order chi connectivity index (χ1) is 13.0. The fourth-order valence-corrected chi connectivity index (χ4v) is 2.75. The molecule has 0 fully saturated rings. The van der Waals surface area contributed by atoms with Crippen molar-refractivity contribution < 1.29 is 9.53 Å². The number of hydrogen-bond acceptors (Lipinski definition) is 3. The highest BCUT2D eigenvalue weighted by molar-refractivity contribution is 14.0. The van der Waals surface area contributed by atoms with Crippen LogP contribution in [0.4, 0.5) is 0 Å². The number of carbonyl (C=O) groups excluding carboxylic acids is 1. The minimum absolute atomic E-state index is 0. The Hall–Kier alpha value is -1.35. The van der Waals surface area contributed by atoms with Crippen LogP contribution in [0.3, 0.4) is 0 Å². The number of carbonyl (C=O) groups is 1. The van der Waals surface area contributed by atoms with Gasteiger partial charge in [0.05, 0.1) is 12.6 Å². The molecule has 0 heterocycles. The lowest BCUT2D eigenvalue weighted by Crippen LogP contribution is -2.45. The molecule has 1 atom stereocenters.